The maximum Gasteiger partial charge on any atom is 0.307 e. The SMILES string of the molecule is Cc1cc(Nc2ccc(C)c(Cl)c2)nc(-n2cc([N+](=O)[O-])cn2)n1. The molecule has 0 aliphatic carbocycles. The van der Waals surface area contributed by atoms with Gasteiger partial charge in [-0.2, -0.15) is 14.8 Å². The van der Waals surface area contributed by atoms with E-state index in [1.165, 1.54) is 10.9 Å². The average Bonchev–Trinajstić information content (AvgIpc) is 3.01. The number of hydrogen-bond donors (Lipinski definition) is 1. The number of hydrogen-bond acceptors (Lipinski definition) is 6. The van der Waals surface area contributed by atoms with Crippen molar-refractivity contribution in [1.82, 2.24) is 19.7 Å². The third kappa shape index (κ3) is 3.33. The van der Waals surface area contributed by atoms with Crippen LogP contribution in [0.15, 0.2) is 36.7 Å². The zero-order valence-electron chi connectivity index (χ0n) is 12.9. The fraction of sp³-hybridized carbons (Fsp3) is 0.133. The second-order valence-corrected chi connectivity index (χ2v) is 5.59. The molecule has 1 aromatic carbocycles. The molecule has 0 radical (unpaired) electrons. The van der Waals surface area contributed by atoms with Crippen LogP contribution in [0.5, 0.6) is 0 Å². The van der Waals surface area contributed by atoms with Crippen LogP contribution in [0.3, 0.4) is 0 Å². The van der Waals surface area contributed by atoms with Gasteiger partial charge in [-0.15, -0.1) is 0 Å². The van der Waals surface area contributed by atoms with Gasteiger partial charge in [-0.25, -0.2) is 4.98 Å². The van der Waals surface area contributed by atoms with Crippen molar-refractivity contribution in [1.29, 1.82) is 0 Å². The van der Waals surface area contributed by atoms with Gasteiger partial charge in [-0.3, -0.25) is 10.1 Å². The largest absolute Gasteiger partial charge is 0.340 e. The fourth-order valence-electron chi connectivity index (χ4n) is 2.05. The first-order valence-corrected chi connectivity index (χ1v) is 7.38. The maximum atomic E-state index is 10.8. The van der Waals surface area contributed by atoms with Gasteiger partial charge >= 0.3 is 5.69 Å². The van der Waals surface area contributed by atoms with Gasteiger partial charge in [0.05, 0.1) is 4.92 Å². The lowest BCUT2D eigenvalue weighted by Crippen LogP contribution is -2.05. The summed E-state index contributed by atoms with van der Waals surface area (Å²) in [6, 6.07) is 7.34. The van der Waals surface area contributed by atoms with Crippen molar-refractivity contribution in [2.24, 2.45) is 0 Å². The van der Waals surface area contributed by atoms with Gasteiger partial charge in [0.25, 0.3) is 5.95 Å². The summed E-state index contributed by atoms with van der Waals surface area (Å²) in [6.45, 7) is 3.72. The molecule has 0 unspecified atom stereocenters. The number of rotatable bonds is 4. The average molecular weight is 345 g/mol. The lowest BCUT2D eigenvalue weighted by atomic mass is 10.2. The van der Waals surface area contributed by atoms with Crippen molar-refractivity contribution in [3.05, 3.63) is 63.1 Å². The third-order valence-corrected chi connectivity index (χ3v) is 3.68. The number of aryl methyl sites for hydroxylation is 2. The van der Waals surface area contributed by atoms with Crippen LogP contribution in [-0.2, 0) is 0 Å². The third-order valence-electron chi connectivity index (χ3n) is 3.27. The molecule has 9 heteroatoms. The Labute approximate surface area is 142 Å². The van der Waals surface area contributed by atoms with Crippen LogP contribution in [0.1, 0.15) is 11.3 Å². The number of halogens is 1. The van der Waals surface area contributed by atoms with E-state index in [-0.39, 0.29) is 11.6 Å². The summed E-state index contributed by atoms with van der Waals surface area (Å²) in [4.78, 5) is 18.8. The highest BCUT2D eigenvalue weighted by molar-refractivity contribution is 6.31. The summed E-state index contributed by atoms with van der Waals surface area (Å²) >= 11 is 6.12. The standard InChI is InChI=1S/C15H13ClN6O2/c1-9-3-4-11(6-13(9)16)19-14-5-10(2)18-15(20-14)21-8-12(7-17-21)22(23)24/h3-8H,1-2H3,(H,18,19,20). The second-order valence-electron chi connectivity index (χ2n) is 5.18. The molecule has 0 saturated carbocycles. The number of anilines is 2. The lowest BCUT2D eigenvalue weighted by molar-refractivity contribution is -0.384. The van der Waals surface area contributed by atoms with Gasteiger partial charge in [-0.05, 0) is 31.5 Å². The van der Waals surface area contributed by atoms with Gasteiger partial charge in [0, 0.05) is 22.5 Å². The molecule has 3 aromatic rings. The minimum Gasteiger partial charge on any atom is -0.340 e. The van der Waals surface area contributed by atoms with Crippen molar-refractivity contribution in [3.63, 3.8) is 0 Å². The zero-order valence-corrected chi connectivity index (χ0v) is 13.7. The first-order valence-electron chi connectivity index (χ1n) is 7.00. The van der Waals surface area contributed by atoms with Gasteiger partial charge in [0.2, 0.25) is 0 Å². The van der Waals surface area contributed by atoms with Crippen LogP contribution >= 0.6 is 11.6 Å². The van der Waals surface area contributed by atoms with Crippen molar-refractivity contribution in [2.45, 2.75) is 13.8 Å². The molecule has 8 nitrogen and oxygen atoms in total. The molecule has 3 rings (SSSR count). The van der Waals surface area contributed by atoms with E-state index in [2.05, 4.69) is 20.4 Å². The van der Waals surface area contributed by atoms with Gasteiger partial charge in [-0.1, -0.05) is 17.7 Å². The quantitative estimate of drug-likeness (QED) is 0.573. The summed E-state index contributed by atoms with van der Waals surface area (Å²) in [5, 5.41) is 18.5. The van der Waals surface area contributed by atoms with E-state index in [9.17, 15) is 10.1 Å². The Morgan fingerprint density at radius 3 is 2.71 bits per heavy atom. The minimum atomic E-state index is -0.521. The summed E-state index contributed by atoms with van der Waals surface area (Å²) in [6.07, 6.45) is 2.42. The van der Waals surface area contributed by atoms with E-state index in [1.807, 2.05) is 19.1 Å². The van der Waals surface area contributed by atoms with Crippen molar-refractivity contribution in [2.75, 3.05) is 5.32 Å². The molecule has 122 valence electrons. The molecule has 0 aliphatic rings. The first kappa shape index (κ1) is 15.9. The van der Waals surface area contributed by atoms with E-state index in [0.717, 1.165) is 17.4 Å². The highest BCUT2D eigenvalue weighted by atomic mass is 35.5. The van der Waals surface area contributed by atoms with Crippen molar-refractivity contribution in [3.8, 4) is 5.95 Å². The molecule has 0 bridgehead atoms. The van der Waals surface area contributed by atoms with Gasteiger partial charge < -0.3 is 5.32 Å². The molecule has 2 aromatic heterocycles. The lowest BCUT2D eigenvalue weighted by Gasteiger charge is -2.09. The highest BCUT2D eigenvalue weighted by Gasteiger charge is 2.12. The molecule has 24 heavy (non-hydrogen) atoms. The monoisotopic (exact) mass is 344 g/mol. The van der Waals surface area contributed by atoms with Crippen molar-refractivity contribution >= 4 is 28.8 Å². The van der Waals surface area contributed by atoms with E-state index < -0.39 is 4.92 Å². The molecule has 0 aliphatic heterocycles. The summed E-state index contributed by atoms with van der Waals surface area (Å²) in [5.41, 5.74) is 2.32. The van der Waals surface area contributed by atoms with Crippen LogP contribution in [0, 0.1) is 24.0 Å². The molecular formula is C15H13ClN6O2. The summed E-state index contributed by atoms with van der Waals surface area (Å²) in [5.74, 6) is 0.777. The molecular weight excluding hydrogens is 332 g/mol. The van der Waals surface area contributed by atoms with E-state index in [0.29, 0.717) is 16.5 Å². The van der Waals surface area contributed by atoms with E-state index in [4.69, 9.17) is 11.6 Å². The molecule has 0 atom stereocenters. The molecule has 2 heterocycles. The number of aromatic nitrogens is 4. The smallest absolute Gasteiger partial charge is 0.307 e. The summed E-state index contributed by atoms with van der Waals surface area (Å²) in [7, 11) is 0. The second kappa shape index (κ2) is 6.25. The number of benzene rings is 1. The summed E-state index contributed by atoms with van der Waals surface area (Å²) < 4.78 is 1.26. The van der Waals surface area contributed by atoms with Gasteiger partial charge in [0.15, 0.2) is 0 Å². The molecule has 0 saturated heterocycles. The Morgan fingerprint density at radius 2 is 2.04 bits per heavy atom. The Balaban J connectivity index is 1.93. The maximum absolute atomic E-state index is 10.8. The van der Waals surface area contributed by atoms with Crippen LogP contribution in [-0.4, -0.2) is 24.7 Å². The molecule has 0 amide bonds. The normalized spacial score (nSPS) is 10.6. The number of nitrogens with one attached hydrogen (secondary N) is 1. The Morgan fingerprint density at radius 1 is 1.25 bits per heavy atom. The Hall–Kier alpha value is -3.00. The van der Waals surface area contributed by atoms with E-state index >= 15 is 0 Å². The van der Waals surface area contributed by atoms with Crippen LogP contribution in [0.25, 0.3) is 5.95 Å². The predicted octanol–water partition coefficient (Wildman–Crippen LogP) is 3.58. The predicted molar refractivity (Wildman–Crippen MR) is 90.0 cm³/mol. The van der Waals surface area contributed by atoms with Crippen LogP contribution in [0.2, 0.25) is 5.02 Å². The fourth-order valence-corrected chi connectivity index (χ4v) is 2.24. The Bertz CT molecular complexity index is 924. The highest BCUT2D eigenvalue weighted by Crippen LogP contribution is 2.23. The number of nitrogens with zero attached hydrogens (tertiary/aromatic N) is 5. The Kier molecular flexibility index (Phi) is 4.13. The van der Waals surface area contributed by atoms with Crippen molar-refractivity contribution < 1.29 is 4.92 Å². The number of nitro groups is 1. The van der Waals surface area contributed by atoms with Crippen LogP contribution in [0.4, 0.5) is 17.2 Å². The van der Waals surface area contributed by atoms with Crippen LogP contribution < -0.4 is 5.32 Å². The van der Waals surface area contributed by atoms with E-state index in [1.54, 1.807) is 19.1 Å². The minimum absolute atomic E-state index is 0.125. The topological polar surface area (TPSA) is 98.8 Å². The van der Waals surface area contributed by atoms with Gasteiger partial charge in [0.1, 0.15) is 18.2 Å². The first-order chi connectivity index (χ1) is 11.4. The molecule has 1 N–H and O–H groups in total. The molecule has 0 spiro atoms. The zero-order chi connectivity index (χ0) is 17.3. The molecule has 0 fully saturated rings.